The van der Waals surface area contributed by atoms with Gasteiger partial charge >= 0.3 is 0 Å². The number of halogens is 2. The highest BCUT2D eigenvalue weighted by Gasteiger charge is 2.02. The molecule has 0 fully saturated rings. The third-order valence-electron chi connectivity index (χ3n) is 2.02. The summed E-state index contributed by atoms with van der Waals surface area (Å²) < 4.78 is 0. The van der Waals surface area contributed by atoms with Crippen molar-refractivity contribution in [1.29, 1.82) is 0 Å². The average molecular weight is 243 g/mol. The molecular weight excluding hydrogens is 231 g/mol. The summed E-state index contributed by atoms with van der Waals surface area (Å²) in [6.07, 6.45) is 2.66. The van der Waals surface area contributed by atoms with Crippen LogP contribution in [0.3, 0.4) is 0 Å². The molecule has 1 rings (SSSR count). The van der Waals surface area contributed by atoms with Gasteiger partial charge in [0, 0.05) is 10.0 Å². The van der Waals surface area contributed by atoms with Crippen LogP contribution in [0.25, 0.3) is 6.08 Å². The quantitative estimate of drug-likeness (QED) is 0.573. The van der Waals surface area contributed by atoms with Crippen LogP contribution in [0.4, 0.5) is 0 Å². The third kappa shape index (κ3) is 3.69. The molecule has 0 aliphatic heterocycles. The normalized spacial score (nSPS) is 11.9. The second-order valence-corrected chi connectivity index (χ2v) is 4.49. The van der Waals surface area contributed by atoms with Crippen LogP contribution in [-0.4, -0.2) is 6.29 Å². The van der Waals surface area contributed by atoms with Gasteiger partial charge in [-0.05, 0) is 41.3 Å². The standard InChI is InChI=1S/C12H12Cl2O/c1-8(2)10(7-15)3-9-4-11(13)6-12(14)5-9/h3-8H,1-2H3. The van der Waals surface area contributed by atoms with Gasteiger partial charge < -0.3 is 0 Å². The molecule has 0 saturated carbocycles. The molecule has 0 aliphatic rings. The molecule has 0 aromatic heterocycles. The average Bonchev–Trinajstić information content (AvgIpc) is 2.12. The molecule has 3 heteroatoms. The molecule has 0 N–H and O–H groups in total. The van der Waals surface area contributed by atoms with Gasteiger partial charge in [-0.2, -0.15) is 0 Å². The highest BCUT2D eigenvalue weighted by molar-refractivity contribution is 6.34. The van der Waals surface area contributed by atoms with Gasteiger partial charge in [-0.3, -0.25) is 4.79 Å². The Balaban J connectivity index is 3.11. The Bertz CT molecular complexity index is 374. The Labute approximate surface area is 99.7 Å². The van der Waals surface area contributed by atoms with Crippen LogP contribution in [-0.2, 0) is 4.79 Å². The van der Waals surface area contributed by atoms with Crippen LogP contribution in [0.5, 0.6) is 0 Å². The highest BCUT2D eigenvalue weighted by Crippen LogP contribution is 2.21. The number of aldehydes is 1. The monoisotopic (exact) mass is 242 g/mol. The van der Waals surface area contributed by atoms with Gasteiger partial charge in [0.15, 0.2) is 0 Å². The van der Waals surface area contributed by atoms with Crippen molar-refractivity contribution in [3.05, 3.63) is 39.4 Å². The first-order chi connectivity index (χ1) is 7.02. The Morgan fingerprint density at radius 2 is 1.73 bits per heavy atom. The lowest BCUT2D eigenvalue weighted by Crippen LogP contribution is -1.94. The van der Waals surface area contributed by atoms with Crippen LogP contribution >= 0.6 is 23.2 Å². The molecule has 0 saturated heterocycles. The zero-order valence-electron chi connectivity index (χ0n) is 8.63. The van der Waals surface area contributed by atoms with Crippen LogP contribution in [0.1, 0.15) is 19.4 Å². The predicted octanol–water partition coefficient (Wildman–Crippen LogP) is 4.23. The van der Waals surface area contributed by atoms with E-state index < -0.39 is 0 Å². The van der Waals surface area contributed by atoms with Gasteiger partial charge in [0.2, 0.25) is 0 Å². The van der Waals surface area contributed by atoms with Crippen LogP contribution in [0, 0.1) is 5.92 Å². The molecule has 0 heterocycles. The Hall–Kier alpha value is -0.790. The minimum Gasteiger partial charge on any atom is -0.298 e. The molecule has 0 unspecified atom stereocenters. The molecule has 0 spiro atoms. The first kappa shape index (κ1) is 12.3. The highest BCUT2D eigenvalue weighted by atomic mass is 35.5. The van der Waals surface area contributed by atoms with Crippen molar-refractivity contribution < 1.29 is 4.79 Å². The van der Waals surface area contributed by atoms with E-state index in [2.05, 4.69) is 0 Å². The van der Waals surface area contributed by atoms with Crippen molar-refractivity contribution in [3.8, 4) is 0 Å². The van der Waals surface area contributed by atoms with E-state index in [1.165, 1.54) is 0 Å². The van der Waals surface area contributed by atoms with E-state index in [1.54, 1.807) is 24.3 Å². The smallest absolute Gasteiger partial charge is 0.146 e. The summed E-state index contributed by atoms with van der Waals surface area (Å²) in [4.78, 5) is 10.8. The first-order valence-corrected chi connectivity index (χ1v) is 5.41. The van der Waals surface area contributed by atoms with Crippen molar-refractivity contribution in [2.45, 2.75) is 13.8 Å². The fourth-order valence-electron chi connectivity index (χ4n) is 1.19. The molecule has 0 amide bonds. The Morgan fingerprint density at radius 3 is 2.13 bits per heavy atom. The summed E-state index contributed by atoms with van der Waals surface area (Å²) in [6, 6.07) is 5.22. The number of rotatable bonds is 3. The molecule has 15 heavy (non-hydrogen) atoms. The minimum atomic E-state index is 0.195. The minimum absolute atomic E-state index is 0.195. The van der Waals surface area contributed by atoms with Crippen LogP contribution in [0.2, 0.25) is 10.0 Å². The van der Waals surface area contributed by atoms with E-state index in [-0.39, 0.29) is 5.92 Å². The number of hydrogen-bond acceptors (Lipinski definition) is 1. The first-order valence-electron chi connectivity index (χ1n) is 4.66. The molecule has 1 aromatic rings. The van der Waals surface area contributed by atoms with E-state index in [9.17, 15) is 4.79 Å². The van der Waals surface area contributed by atoms with Gasteiger partial charge in [-0.15, -0.1) is 0 Å². The molecular formula is C12H12Cl2O. The summed E-state index contributed by atoms with van der Waals surface area (Å²) in [5.74, 6) is 0.195. The van der Waals surface area contributed by atoms with E-state index in [0.717, 1.165) is 17.4 Å². The Kier molecular flexibility index (Phi) is 4.37. The van der Waals surface area contributed by atoms with Gasteiger partial charge in [0.05, 0.1) is 0 Å². The SMILES string of the molecule is CC(C)C(C=O)=Cc1cc(Cl)cc(Cl)c1. The summed E-state index contributed by atoms with van der Waals surface area (Å²) in [7, 11) is 0. The van der Waals surface area contributed by atoms with Crippen molar-refractivity contribution in [2.75, 3.05) is 0 Å². The van der Waals surface area contributed by atoms with Gasteiger partial charge in [-0.1, -0.05) is 37.0 Å². The van der Waals surface area contributed by atoms with Gasteiger partial charge in [0.25, 0.3) is 0 Å². The maximum atomic E-state index is 10.8. The molecule has 80 valence electrons. The summed E-state index contributed by atoms with van der Waals surface area (Å²) in [5, 5.41) is 1.14. The maximum Gasteiger partial charge on any atom is 0.146 e. The number of allylic oxidation sites excluding steroid dienone is 1. The van der Waals surface area contributed by atoms with Crippen LogP contribution < -0.4 is 0 Å². The lowest BCUT2D eigenvalue weighted by molar-refractivity contribution is -0.105. The summed E-state index contributed by atoms with van der Waals surface area (Å²) in [5.41, 5.74) is 1.58. The van der Waals surface area contributed by atoms with Crippen molar-refractivity contribution >= 4 is 35.6 Å². The van der Waals surface area contributed by atoms with Crippen molar-refractivity contribution in [3.63, 3.8) is 0 Å². The topological polar surface area (TPSA) is 17.1 Å². The van der Waals surface area contributed by atoms with Crippen molar-refractivity contribution in [1.82, 2.24) is 0 Å². The molecule has 0 bridgehead atoms. The zero-order valence-corrected chi connectivity index (χ0v) is 10.1. The second-order valence-electron chi connectivity index (χ2n) is 3.62. The predicted molar refractivity (Wildman–Crippen MR) is 65.3 cm³/mol. The fourth-order valence-corrected chi connectivity index (χ4v) is 1.73. The third-order valence-corrected chi connectivity index (χ3v) is 2.46. The summed E-state index contributed by atoms with van der Waals surface area (Å²) >= 11 is 11.7. The molecule has 1 aromatic carbocycles. The number of hydrogen-bond donors (Lipinski definition) is 0. The van der Waals surface area contributed by atoms with Crippen molar-refractivity contribution in [2.24, 2.45) is 5.92 Å². The Morgan fingerprint density at radius 1 is 1.20 bits per heavy atom. The maximum absolute atomic E-state index is 10.8. The molecule has 0 atom stereocenters. The van der Waals surface area contributed by atoms with E-state index in [4.69, 9.17) is 23.2 Å². The lowest BCUT2D eigenvalue weighted by atomic mass is 10.0. The largest absolute Gasteiger partial charge is 0.298 e. The zero-order chi connectivity index (χ0) is 11.4. The number of carbonyl (C=O) groups excluding carboxylic acids is 1. The molecule has 1 nitrogen and oxygen atoms in total. The fraction of sp³-hybridized carbons (Fsp3) is 0.250. The van der Waals surface area contributed by atoms with Crippen LogP contribution in [0.15, 0.2) is 23.8 Å². The van der Waals surface area contributed by atoms with E-state index in [0.29, 0.717) is 10.0 Å². The molecule has 0 radical (unpaired) electrons. The summed E-state index contributed by atoms with van der Waals surface area (Å²) in [6.45, 7) is 3.93. The lowest BCUT2D eigenvalue weighted by Gasteiger charge is -2.04. The van der Waals surface area contributed by atoms with Gasteiger partial charge in [-0.25, -0.2) is 0 Å². The number of carbonyl (C=O) groups is 1. The second kappa shape index (κ2) is 5.34. The molecule has 0 aliphatic carbocycles. The van der Waals surface area contributed by atoms with E-state index in [1.807, 2.05) is 13.8 Å². The van der Waals surface area contributed by atoms with Gasteiger partial charge in [0.1, 0.15) is 6.29 Å². The van der Waals surface area contributed by atoms with E-state index >= 15 is 0 Å². The number of benzene rings is 1.